The third-order valence-corrected chi connectivity index (χ3v) is 4.83. The predicted octanol–water partition coefficient (Wildman–Crippen LogP) is 0.537. The number of anilines is 1. The number of nitrogens with two attached hydrogens (primary N) is 1. The molecular formula is C11H18N4O5S. The Morgan fingerprint density at radius 3 is 2.62 bits per heavy atom. The zero-order valence-corrected chi connectivity index (χ0v) is 12.6. The lowest BCUT2D eigenvalue weighted by atomic mass is 10.3. The summed E-state index contributed by atoms with van der Waals surface area (Å²) < 4.78 is 31.0. The standard InChI is InChI=1S/C11H18N4O5S/c1-3-14(6-7-20-2)21(18,19)9-4-5-11(15(16)17)10(8-9)13-12/h4-5,8,13H,3,6-7,12H2,1-2H3. The summed E-state index contributed by atoms with van der Waals surface area (Å²) in [6, 6.07) is 3.43. The van der Waals surface area contributed by atoms with Crippen LogP contribution in [0.5, 0.6) is 0 Å². The highest BCUT2D eigenvalue weighted by atomic mass is 32.2. The number of sulfonamides is 1. The number of ether oxygens (including phenoxy) is 1. The molecule has 10 heteroatoms. The van der Waals surface area contributed by atoms with Crippen LogP contribution in [0, 0.1) is 10.1 Å². The maximum Gasteiger partial charge on any atom is 0.293 e. The summed E-state index contributed by atoms with van der Waals surface area (Å²) in [6.07, 6.45) is 0. The van der Waals surface area contributed by atoms with Crippen LogP contribution in [0.25, 0.3) is 0 Å². The number of rotatable bonds is 8. The van der Waals surface area contributed by atoms with Gasteiger partial charge in [0.15, 0.2) is 0 Å². The van der Waals surface area contributed by atoms with E-state index in [-0.39, 0.29) is 36.0 Å². The summed E-state index contributed by atoms with van der Waals surface area (Å²) in [4.78, 5) is 10.1. The predicted molar refractivity (Wildman–Crippen MR) is 77.2 cm³/mol. The van der Waals surface area contributed by atoms with Crippen LogP contribution in [0.1, 0.15) is 6.92 Å². The van der Waals surface area contributed by atoms with Gasteiger partial charge in [-0.3, -0.25) is 16.0 Å². The van der Waals surface area contributed by atoms with E-state index >= 15 is 0 Å². The molecule has 0 aliphatic heterocycles. The first-order valence-electron chi connectivity index (χ1n) is 6.12. The van der Waals surface area contributed by atoms with Crippen LogP contribution in [0.2, 0.25) is 0 Å². The Kier molecular flexibility index (Phi) is 6.03. The number of hydrogen-bond donors (Lipinski definition) is 2. The average molecular weight is 318 g/mol. The Hall–Kier alpha value is -1.75. The Bertz CT molecular complexity index is 605. The number of nitrogens with zero attached hydrogens (tertiary/aromatic N) is 2. The number of methoxy groups -OCH3 is 1. The molecule has 0 aliphatic carbocycles. The van der Waals surface area contributed by atoms with E-state index in [0.29, 0.717) is 0 Å². The Balaban J connectivity index is 3.22. The van der Waals surface area contributed by atoms with Crippen molar-refractivity contribution >= 4 is 21.4 Å². The summed E-state index contributed by atoms with van der Waals surface area (Å²) >= 11 is 0. The van der Waals surface area contributed by atoms with Crippen molar-refractivity contribution < 1.29 is 18.1 Å². The number of nitrogens with one attached hydrogen (secondary N) is 1. The monoisotopic (exact) mass is 318 g/mol. The molecule has 0 bridgehead atoms. The summed E-state index contributed by atoms with van der Waals surface area (Å²) in [6.45, 7) is 2.40. The lowest BCUT2D eigenvalue weighted by Crippen LogP contribution is -2.33. The molecule has 0 fully saturated rings. The summed E-state index contributed by atoms with van der Waals surface area (Å²) in [5.41, 5.74) is 1.78. The van der Waals surface area contributed by atoms with Gasteiger partial charge in [-0.15, -0.1) is 0 Å². The van der Waals surface area contributed by atoms with Crippen molar-refractivity contribution in [3.63, 3.8) is 0 Å². The zero-order chi connectivity index (χ0) is 16.0. The molecule has 118 valence electrons. The normalized spacial score (nSPS) is 11.6. The van der Waals surface area contributed by atoms with E-state index in [1.54, 1.807) is 6.92 Å². The van der Waals surface area contributed by atoms with Gasteiger partial charge in [-0.25, -0.2) is 8.42 Å². The van der Waals surface area contributed by atoms with Gasteiger partial charge in [-0.1, -0.05) is 6.92 Å². The number of benzene rings is 1. The SMILES string of the molecule is CCN(CCOC)S(=O)(=O)c1ccc([N+](=O)[O-])c(NN)c1. The first kappa shape index (κ1) is 17.3. The number of hydrazine groups is 1. The Labute approximate surface area is 122 Å². The summed E-state index contributed by atoms with van der Waals surface area (Å²) in [5, 5.41) is 10.8. The van der Waals surface area contributed by atoms with Gasteiger partial charge >= 0.3 is 0 Å². The first-order valence-corrected chi connectivity index (χ1v) is 7.56. The molecule has 0 unspecified atom stereocenters. The number of likely N-dealkylation sites (N-methyl/N-ethyl adjacent to an activating group) is 1. The highest BCUT2D eigenvalue weighted by molar-refractivity contribution is 7.89. The lowest BCUT2D eigenvalue weighted by Gasteiger charge is -2.20. The molecule has 0 amide bonds. The summed E-state index contributed by atoms with van der Waals surface area (Å²) in [7, 11) is -2.29. The maximum atomic E-state index is 12.5. The zero-order valence-electron chi connectivity index (χ0n) is 11.8. The van der Waals surface area contributed by atoms with Gasteiger partial charge in [0.2, 0.25) is 10.0 Å². The largest absolute Gasteiger partial charge is 0.383 e. The molecule has 0 aliphatic rings. The van der Waals surface area contributed by atoms with Crippen LogP contribution < -0.4 is 11.3 Å². The second-order valence-corrected chi connectivity index (χ2v) is 6.01. The van der Waals surface area contributed by atoms with E-state index in [0.717, 1.165) is 12.1 Å². The fourth-order valence-corrected chi connectivity index (χ4v) is 3.20. The number of nitro benzene ring substituents is 1. The Morgan fingerprint density at radius 1 is 1.48 bits per heavy atom. The van der Waals surface area contributed by atoms with Crippen LogP contribution in [0.4, 0.5) is 11.4 Å². The number of hydrogen-bond acceptors (Lipinski definition) is 7. The van der Waals surface area contributed by atoms with Crippen molar-refractivity contribution in [1.29, 1.82) is 0 Å². The molecule has 0 saturated heterocycles. The van der Waals surface area contributed by atoms with Crippen molar-refractivity contribution in [1.82, 2.24) is 4.31 Å². The topological polar surface area (TPSA) is 128 Å². The molecule has 1 aromatic carbocycles. The molecule has 3 N–H and O–H groups in total. The van der Waals surface area contributed by atoms with E-state index in [1.165, 1.54) is 17.5 Å². The molecule has 1 rings (SSSR count). The second-order valence-electron chi connectivity index (χ2n) is 4.07. The van der Waals surface area contributed by atoms with E-state index in [2.05, 4.69) is 5.43 Å². The van der Waals surface area contributed by atoms with Gasteiger partial charge in [0.05, 0.1) is 16.4 Å². The van der Waals surface area contributed by atoms with E-state index in [1.807, 2.05) is 0 Å². The minimum Gasteiger partial charge on any atom is -0.383 e. The third kappa shape index (κ3) is 3.88. The fraction of sp³-hybridized carbons (Fsp3) is 0.455. The van der Waals surface area contributed by atoms with Gasteiger partial charge in [0, 0.05) is 26.3 Å². The number of nitrogen functional groups attached to an aromatic ring is 1. The van der Waals surface area contributed by atoms with E-state index in [4.69, 9.17) is 10.6 Å². The highest BCUT2D eigenvalue weighted by Crippen LogP contribution is 2.27. The molecular weight excluding hydrogens is 300 g/mol. The number of nitro groups is 1. The van der Waals surface area contributed by atoms with Gasteiger partial charge in [0.1, 0.15) is 5.69 Å². The quantitative estimate of drug-likeness (QED) is 0.406. The lowest BCUT2D eigenvalue weighted by molar-refractivity contribution is -0.384. The van der Waals surface area contributed by atoms with Crippen LogP contribution in [-0.4, -0.2) is 44.5 Å². The smallest absolute Gasteiger partial charge is 0.293 e. The van der Waals surface area contributed by atoms with Crippen LogP contribution >= 0.6 is 0 Å². The molecule has 21 heavy (non-hydrogen) atoms. The van der Waals surface area contributed by atoms with Crippen LogP contribution in [0.15, 0.2) is 23.1 Å². The molecule has 0 heterocycles. The van der Waals surface area contributed by atoms with Crippen molar-refractivity contribution in [2.24, 2.45) is 5.84 Å². The molecule has 1 aromatic rings. The molecule has 9 nitrogen and oxygen atoms in total. The van der Waals surface area contributed by atoms with Crippen LogP contribution in [-0.2, 0) is 14.8 Å². The molecule has 0 atom stereocenters. The third-order valence-electron chi connectivity index (χ3n) is 2.86. The van der Waals surface area contributed by atoms with Gasteiger partial charge < -0.3 is 10.2 Å². The summed E-state index contributed by atoms with van der Waals surface area (Å²) in [5.74, 6) is 5.21. The van der Waals surface area contributed by atoms with Gasteiger partial charge in [-0.2, -0.15) is 4.31 Å². The van der Waals surface area contributed by atoms with Gasteiger partial charge in [0.25, 0.3) is 5.69 Å². The van der Waals surface area contributed by atoms with Crippen molar-refractivity contribution in [3.05, 3.63) is 28.3 Å². The van der Waals surface area contributed by atoms with Crippen molar-refractivity contribution in [2.45, 2.75) is 11.8 Å². The van der Waals surface area contributed by atoms with Crippen LogP contribution in [0.3, 0.4) is 0 Å². The van der Waals surface area contributed by atoms with E-state index < -0.39 is 14.9 Å². The molecule has 0 spiro atoms. The fourth-order valence-electron chi connectivity index (χ4n) is 1.74. The molecule has 0 saturated carbocycles. The minimum atomic E-state index is -3.76. The first-order chi connectivity index (χ1) is 9.88. The maximum absolute atomic E-state index is 12.5. The van der Waals surface area contributed by atoms with Crippen molar-refractivity contribution in [2.75, 3.05) is 32.2 Å². The highest BCUT2D eigenvalue weighted by Gasteiger charge is 2.25. The average Bonchev–Trinajstić information content (AvgIpc) is 2.46. The Morgan fingerprint density at radius 2 is 2.14 bits per heavy atom. The van der Waals surface area contributed by atoms with Gasteiger partial charge in [-0.05, 0) is 12.1 Å². The van der Waals surface area contributed by atoms with E-state index in [9.17, 15) is 18.5 Å². The van der Waals surface area contributed by atoms with Crippen molar-refractivity contribution in [3.8, 4) is 0 Å². The second kappa shape index (κ2) is 7.31. The molecule has 0 radical (unpaired) electrons. The molecule has 0 aromatic heterocycles. The minimum absolute atomic E-state index is 0.0659.